The smallest absolute Gasteiger partial charge is 0.0827 e. The molecule has 1 aromatic carbocycles. The van der Waals surface area contributed by atoms with Gasteiger partial charge < -0.3 is 4.90 Å². The van der Waals surface area contributed by atoms with Crippen LogP contribution in [-0.4, -0.2) is 16.5 Å². The quantitative estimate of drug-likeness (QED) is 0.740. The molecule has 0 N–H and O–H groups in total. The molecule has 0 radical (unpaired) electrons. The Morgan fingerprint density at radius 2 is 1.80 bits per heavy atom. The Labute approximate surface area is 128 Å². The number of aromatic nitrogens is 1. The zero-order valence-electron chi connectivity index (χ0n) is 10.9. The van der Waals surface area contributed by atoms with E-state index in [1.54, 1.807) is 6.20 Å². The number of pyridine rings is 1. The van der Waals surface area contributed by atoms with Crippen molar-refractivity contribution in [2.75, 3.05) is 11.4 Å². The lowest BCUT2D eigenvalue weighted by Gasteiger charge is -2.28. The first kappa shape index (κ1) is 12.3. The summed E-state index contributed by atoms with van der Waals surface area (Å²) >= 11 is 11.5. The van der Waals surface area contributed by atoms with Gasteiger partial charge in [0.05, 0.1) is 10.0 Å². The molecule has 20 heavy (non-hydrogen) atoms. The van der Waals surface area contributed by atoms with Gasteiger partial charge in [0.25, 0.3) is 0 Å². The molecule has 0 aliphatic carbocycles. The van der Waals surface area contributed by atoms with Crippen LogP contribution in [-0.2, 0) is 12.8 Å². The van der Waals surface area contributed by atoms with Crippen molar-refractivity contribution in [2.45, 2.75) is 19.3 Å². The third-order valence-corrected chi connectivity index (χ3v) is 4.72. The number of halogens is 1. The number of benzene rings is 1. The first-order valence-corrected chi connectivity index (χ1v) is 7.58. The molecule has 0 atom stereocenters. The lowest BCUT2D eigenvalue weighted by Crippen LogP contribution is -2.31. The highest BCUT2D eigenvalue weighted by Crippen LogP contribution is 2.40. The number of aryl methyl sites for hydroxylation is 1. The number of rotatable bonds is 1. The number of nitrogens with zero attached hydrogens (tertiary/aromatic N) is 2. The van der Waals surface area contributed by atoms with Crippen molar-refractivity contribution in [3.05, 3.63) is 46.7 Å². The van der Waals surface area contributed by atoms with E-state index in [4.69, 9.17) is 23.8 Å². The maximum Gasteiger partial charge on any atom is 0.0827 e. The van der Waals surface area contributed by atoms with Gasteiger partial charge in [0.2, 0.25) is 0 Å². The van der Waals surface area contributed by atoms with Gasteiger partial charge >= 0.3 is 0 Å². The summed E-state index contributed by atoms with van der Waals surface area (Å²) in [5.41, 5.74) is 6.47. The second kappa shape index (κ2) is 4.54. The van der Waals surface area contributed by atoms with Crippen LogP contribution in [0.3, 0.4) is 0 Å². The normalized spacial score (nSPS) is 16.4. The maximum absolute atomic E-state index is 6.05. The maximum atomic E-state index is 6.05. The third kappa shape index (κ3) is 1.85. The van der Waals surface area contributed by atoms with Crippen LogP contribution in [0.1, 0.15) is 17.5 Å². The summed E-state index contributed by atoms with van der Waals surface area (Å²) in [6.45, 7) is 1.03. The molecule has 3 heterocycles. The van der Waals surface area contributed by atoms with Crippen molar-refractivity contribution in [3.63, 3.8) is 0 Å². The van der Waals surface area contributed by atoms with Crippen LogP contribution in [0.4, 0.5) is 5.69 Å². The van der Waals surface area contributed by atoms with Gasteiger partial charge in [-0.2, -0.15) is 0 Å². The molecule has 0 amide bonds. The minimum Gasteiger partial charge on any atom is -0.335 e. The average Bonchev–Trinajstić information content (AvgIpc) is 2.88. The van der Waals surface area contributed by atoms with Gasteiger partial charge in [0.15, 0.2) is 0 Å². The summed E-state index contributed by atoms with van der Waals surface area (Å²) < 4.78 is 0. The molecule has 4 heteroatoms. The van der Waals surface area contributed by atoms with Crippen LogP contribution in [0, 0.1) is 0 Å². The Hall–Kier alpha value is -1.45. The second-order valence-corrected chi connectivity index (χ2v) is 6.24. The fraction of sp³-hybridized carbons (Fsp3) is 0.250. The van der Waals surface area contributed by atoms with Crippen LogP contribution in [0.5, 0.6) is 0 Å². The molecule has 4 rings (SSSR count). The van der Waals surface area contributed by atoms with Gasteiger partial charge in [-0.25, -0.2) is 0 Å². The largest absolute Gasteiger partial charge is 0.335 e. The van der Waals surface area contributed by atoms with E-state index in [-0.39, 0.29) is 0 Å². The van der Waals surface area contributed by atoms with E-state index in [9.17, 15) is 0 Å². The molecule has 2 nitrogen and oxygen atoms in total. The Kier molecular flexibility index (Phi) is 2.79. The monoisotopic (exact) mass is 300 g/mol. The molecular weight excluding hydrogens is 288 g/mol. The lowest BCUT2D eigenvalue weighted by molar-refractivity contribution is 0.943. The topological polar surface area (TPSA) is 16.1 Å². The molecule has 0 unspecified atom stereocenters. The van der Waals surface area contributed by atoms with Crippen molar-refractivity contribution in [1.29, 1.82) is 0 Å². The number of anilines is 1. The van der Waals surface area contributed by atoms with Crippen LogP contribution >= 0.6 is 23.8 Å². The number of thiocarbonyl (C=S) groups is 1. The molecular formula is C16H13ClN2S. The third-order valence-electron chi connectivity index (χ3n) is 4.09. The summed E-state index contributed by atoms with van der Waals surface area (Å²) in [7, 11) is 0. The minimum atomic E-state index is 0.680. The Morgan fingerprint density at radius 3 is 2.60 bits per heavy atom. The molecule has 2 aliphatic heterocycles. The Bertz CT molecular complexity index is 726. The molecule has 1 aromatic heterocycles. The van der Waals surface area contributed by atoms with E-state index >= 15 is 0 Å². The molecule has 0 spiro atoms. The molecule has 0 saturated carbocycles. The van der Waals surface area contributed by atoms with Crippen molar-refractivity contribution < 1.29 is 0 Å². The van der Waals surface area contributed by atoms with Crippen molar-refractivity contribution in [3.8, 4) is 11.1 Å². The van der Waals surface area contributed by atoms with Crippen molar-refractivity contribution in [2.24, 2.45) is 0 Å². The van der Waals surface area contributed by atoms with E-state index in [1.165, 1.54) is 22.4 Å². The van der Waals surface area contributed by atoms with Gasteiger partial charge in [-0.05, 0) is 47.7 Å². The summed E-state index contributed by atoms with van der Waals surface area (Å²) in [6.07, 6.45) is 6.64. The molecule has 0 fully saturated rings. The van der Waals surface area contributed by atoms with Crippen LogP contribution in [0.15, 0.2) is 30.6 Å². The summed E-state index contributed by atoms with van der Waals surface area (Å²) in [6, 6.07) is 6.51. The molecule has 0 saturated heterocycles. The van der Waals surface area contributed by atoms with E-state index in [2.05, 4.69) is 22.0 Å². The molecule has 2 aliphatic rings. The highest BCUT2D eigenvalue weighted by Gasteiger charge is 2.29. The first-order valence-electron chi connectivity index (χ1n) is 6.79. The zero-order chi connectivity index (χ0) is 13.7. The molecule has 0 bridgehead atoms. The standard InChI is InChI=1S/C16H13ClN2S/c17-14-7-13(8-18-9-14)12-5-10-1-2-15(20)19-4-3-11(6-12)16(10)19/h5-9H,1-4H2. The van der Waals surface area contributed by atoms with Crippen molar-refractivity contribution in [1.82, 2.24) is 4.98 Å². The van der Waals surface area contributed by atoms with Crippen LogP contribution in [0.25, 0.3) is 11.1 Å². The molecule has 100 valence electrons. The highest BCUT2D eigenvalue weighted by atomic mass is 35.5. The van der Waals surface area contributed by atoms with Crippen LogP contribution < -0.4 is 4.90 Å². The van der Waals surface area contributed by atoms with Gasteiger partial charge in [-0.3, -0.25) is 4.98 Å². The highest BCUT2D eigenvalue weighted by molar-refractivity contribution is 7.80. The first-order chi connectivity index (χ1) is 9.72. The van der Waals surface area contributed by atoms with E-state index < -0.39 is 0 Å². The summed E-state index contributed by atoms with van der Waals surface area (Å²) in [4.78, 5) is 7.59. The van der Waals surface area contributed by atoms with Crippen LogP contribution in [0.2, 0.25) is 5.02 Å². The molecule has 2 aromatic rings. The van der Waals surface area contributed by atoms with Gasteiger partial charge in [0, 0.05) is 36.6 Å². The predicted octanol–water partition coefficient (Wildman–Crippen LogP) is 4.04. The summed E-state index contributed by atoms with van der Waals surface area (Å²) in [5, 5.41) is 0.680. The predicted molar refractivity (Wildman–Crippen MR) is 86.7 cm³/mol. The second-order valence-electron chi connectivity index (χ2n) is 5.33. The van der Waals surface area contributed by atoms with Gasteiger partial charge in [-0.15, -0.1) is 0 Å². The lowest BCUT2D eigenvalue weighted by atomic mass is 9.94. The summed E-state index contributed by atoms with van der Waals surface area (Å²) in [5.74, 6) is 0. The number of hydrogen-bond donors (Lipinski definition) is 0. The van der Waals surface area contributed by atoms with E-state index in [1.807, 2.05) is 12.3 Å². The fourth-order valence-corrected chi connectivity index (χ4v) is 3.65. The minimum absolute atomic E-state index is 0.680. The van der Waals surface area contributed by atoms with E-state index in [0.717, 1.165) is 36.4 Å². The van der Waals surface area contributed by atoms with Crippen molar-refractivity contribution >= 4 is 34.5 Å². The van der Waals surface area contributed by atoms with Gasteiger partial charge in [-0.1, -0.05) is 23.8 Å². The Balaban J connectivity index is 1.87. The number of hydrogen-bond acceptors (Lipinski definition) is 2. The average molecular weight is 301 g/mol. The van der Waals surface area contributed by atoms with E-state index in [0.29, 0.717) is 5.02 Å². The van der Waals surface area contributed by atoms with Gasteiger partial charge in [0.1, 0.15) is 0 Å². The Morgan fingerprint density at radius 1 is 1.00 bits per heavy atom. The zero-order valence-corrected chi connectivity index (χ0v) is 12.5. The SMILES string of the molecule is S=C1CCc2cc(-c3cncc(Cl)c3)cc3c2N1CC3. The fourth-order valence-electron chi connectivity index (χ4n) is 3.19.